The standard InChI is InChI=1S/C10H14BrNO2S/c1-7-5-9(11)6-8(2)10(7)15(13,14)12(3)4/h5-6H,1-4H3. The van der Waals surface area contributed by atoms with Gasteiger partial charge >= 0.3 is 0 Å². The number of hydrogen-bond acceptors (Lipinski definition) is 2. The van der Waals surface area contributed by atoms with E-state index >= 15 is 0 Å². The van der Waals surface area contributed by atoms with Gasteiger partial charge in [0, 0.05) is 18.6 Å². The van der Waals surface area contributed by atoms with Crippen molar-refractivity contribution in [3.63, 3.8) is 0 Å². The van der Waals surface area contributed by atoms with Crippen LogP contribution in [0.25, 0.3) is 0 Å². The van der Waals surface area contributed by atoms with Crippen molar-refractivity contribution in [3.05, 3.63) is 27.7 Å². The van der Waals surface area contributed by atoms with E-state index in [1.54, 1.807) is 13.8 Å². The number of nitrogens with zero attached hydrogens (tertiary/aromatic N) is 1. The summed E-state index contributed by atoms with van der Waals surface area (Å²) in [7, 11) is -0.267. The highest BCUT2D eigenvalue weighted by Gasteiger charge is 2.22. The number of rotatable bonds is 2. The number of hydrogen-bond donors (Lipinski definition) is 0. The Kier molecular flexibility index (Phi) is 3.58. The maximum atomic E-state index is 12.0. The van der Waals surface area contributed by atoms with Crippen molar-refractivity contribution in [2.24, 2.45) is 0 Å². The van der Waals surface area contributed by atoms with Crippen LogP contribution in [0.15, 0.2) is 21.5 Å². The third kappa shape index (κ3) is 2.41. The maximum Gasteiger partial charge on any atom is 0.243 e. The summed E-state index contributed by atoms with van der Waals surface area (Å²) in [6, 6.07) is 3.62. The summed E-state index contributed by atoms with van der Waals surface area (Å²) in [5.41, 5.74) is 1.52. The molecule has 3 nitrogen and oxygen atoms in total. The van der Waals surface area contributed by atoms with Crippen LogP contribution >= 0.6 is 15.9 Å². The fourth-order valence-electron chi connectivity index (χ4n) is 1.49. The quantitative estimate of drug-likeness (QED) is 0.839. The van der Waals surface area contributed by atoms with Crippen LogP contribution in [0.4, 0.5) is 0 Å². The molecule has 0 N–H and O–H groups in total. The first-order valence-corrected chi connectivity index (χ1v) is 6.69. The molecule has 84 valence electrons. The third-order valence-corrected chi connectivity index (χ3v) is 4.74. The van der Waals surface area contributed by atoms with Gasteiger partial charge in [0.2, 0.25) is 10.0 Å². The molecule has 0 saturated carbocycles. The van der Waals surface area contributed by atoms with Crippen LogP contribution in [0.1, 0.15) is 11.1 Å². The number of sulfonamides is 1. The minimum absolute atomic E-state index is 0.399. The fraction of sp³-hybridized carbons (Fsp3) is 0.400. The van der Waals surface area contributed by atoms with E-state index in [1.807, 2.05) is 12.1 Å². The second-order valence-electron chi connectivity index (χ2n) is 3.66. The van der Waals surface area contributed by atoms with Gasteiger partial charge in [-0.3, -0.25) is 0 Å². The molecule has 5 heteroatoms. The Balaban J connectivity index is 3.52. The normalized spacial score (nSPS) is 12.1. The lowest BCUT2D eigenvalue weighted by atomic mass is 10.2. The van der Waals surface area contributed by atoms with Crippen molar-refractivity contribution in [3.8, 4) is 0 Å². The minimum Gasteiger partial charge on any atom is -0.207 e. The van der Waals surface area contributed by atoms with Crippen molar-refractivity contribution in [1.82, 2.24) is 4.31 Å². The van der Waals surface area contributed by atoms with Gasteiger partial charge in [-0.1, -0.05) is 15.9 Å². The van der Waals surface area contributed by atoms with E-state index in [-0.39, 0.29) is 0 Å². The van der Waals surface area contributed by atoms with Crippen molar-refractivity contribution >= 4 is 26.0 Å². The van der Waals surface area contributed by atoms with Crippen LogP contribution in [-0.2, 0) is 10.0 Å². The molecule has 1 aromatic rings. The monoisotopic (exact) mass is 291 g/mol. The molecule has 0 unspecified atom stereocenters. The van der Waals surface area contributed by atoms with Gasteiger partial charge in [0.15, 0.2) is 0 Å². The molecule has 0 heterocycles. The highest BCUT2D eigenvalue weighted by molar-refractivity contribution is 9.10. The largest absolute Gasteiger partial charge is 0.243 e. The van der Waals surface area contributed by atoms with Gasteiger partial charge < -0.3 is 0 Å². The van der Waals surface area contributed by atoms with E-state index in [2.05, 4.69) is 15.9 Å². The van der Waals surface area contributed by atoms with Gasteiger partial charge in [-0.15, -0.1) is 0 Å². The first-order chi connectivity index (χ1) is 6.76. The van der Waals surface area contributed by atoms with Gasteiger partial charge in [-0.25, -0.2) is 12.7 Å². The molecule has 15 heavy (non-hydrogen) atoms. The van der Waals surface area contributed by atoms with Crippen molar-refractivity contribution in [1.29, 1.82) is 0 Å². The molecule has 1 rings (SSSR count). The Labute approximate surface area is 99.3 Å². The summed E-state index contributed by atoms with van der Waals surface area (Å²) in [4.78, 5) is 0.399. The fourth-order valence-corrected chi connectivity index (χ4v) is 3.47. The highest BCUT2D eigenvalue weighted by Crippen LogP contribution is 2.26. The Hall–Kier alpha value is -0.390. The zero-order chi connectivity index (χ0) is 11.8. The molecule has 0 saturated heterocycles. The highest BCUT2D eigenvalue weighted by atomic mass is 79.9. The molecule has 0 aliphatic carbocycles. The first kappa shape index (κ1) is 12.7. The molecular weight excluding hydrogens is 278 g/mol. The second-order valence-corrected chi connectivity index (χ2v) is 6.66. The van der Waals surface area contributed by atoms with Crippen molar-refractivity contribution < 1.29 is 8.42 Å². The van der Waals surface area contributed by atoms with Crippen LogP contribution in [0, 0.1) is 13.8 Å². The van der Waals surface area contributed by atoms with Crippen molar-refractivity contribution in [2.75, 3.05) is 14.1 Å². The number of halogens is 1. The van der Waals surface area contributed by atoms with Crippen molar-refractivity contribution in [2.45, 2.75) is 18.7 Å². The van der Waals surface area contributed by atoms with Gasteiger partial charge in [-0.2, -0.15) is 0 Å². The topological polar surface area (TPSA) is 37.4 Å². The Morgan fingerprint density at radius 3 is 1.87 bits per heavy atom. The lowest BCUT2D eigenvalue weighted by Gasteiger charge is -2.16. The Bertz CT molecular complexity index is 457. The van der Waals surface area contributed by atoms with E-state index in [9.17, 15) is 8.42 Å². The van der Waals surface area contributed by atoms with E-state index in [0.29, 0.717) is 4.90 Å². The molecule has 0 amide bonds. The summed E-state index contributed by atoms with van der Waals surface area (Å²) in [5, 5.41) is 0. The van der Waals surface area contributed by atoms with Crippen LogP contribution in [0.5, 0.6) is 0 Å². The van der Waals surface area contributed by atoms with E-state index in [4.69, 9.17) is 0 Å². The predicted molar refractivity (Wildman–Crippen MR) is 64.5 cm³/mol. The average molecular weight is 292 g/mol. The van der Waals surface area contributed by atoms with Gasteiger partial charge in [0.25, 0.3) is 0 Å². The van der Waals surface area contributed by atoms with Gasteiger partial charge in [-0.05, 0) is 37.1 Å². The molecule has 0 aromatic heterocycles. The molecule has 0 atom stereocenters. The lowest BCUT2D eigenvalue weighted by Crippen LogP contribution is -2.23. The lowest BCUT2D eigenvalue weighted by molar-refractivity contribution is 0.519. The smallest absolute Gasteiger partial charge is 0.207 e. The van der Waals surface area contributed by atoms with Crippen LogP contribution in [0.3, 0.4) is 0 Å². The molecule has 0 aliphatic heterocycles. The molecule has 0 radical (unpaired) electrons. The van der Waals surface area contributed by atoms with Gasteiger partial charge in [0.05, 0.1) is 4.90 Å². The maximum absolute atomic E-state index is 12.0. The SMILES string of the molecule is Cc1cc(Br)cc(C)c1S(=O)(=O)N(C)C. The first-order valence-electron chi connectivity index (χ1n) is 4.46. The summed E-state index contributed by atoms with van der Waals surface area (Å²) in [6.45, 7) is 3.60. The van der Waals surface area contributed by atoms with Crippen LogP contribution in [-0.4, -0.2) is 26.8 Å². The summed E-state index contributed by atoms with van der Waals surface area (Å²) in [5.74, 6) is 0. The number of benzene rings is 1. The summed E-state index contributed by atoms with van der Waals surface area (Å²) >= 11 is 3.34. The molecule has 0 spiro atoms. The van der Waals surface area contributed by atoms with Crippen LogP contribution < -0.4 is 0 Å². The summed E-state index contributed by atoms with van der Waals surface area (Å²) < 4.78 is 26.1. The third-order valence-electron chi connectivity index (χ3n) is 2.16. The Morgan fingerprint density at radius 1 is 1.13 bits per heavy atom. The average Bonchev–Trinajstić information content (AvgIpc) is 2.00. The molecule has 0 fully saturated rings. The minimum atomic E-state index is -3.34. The molecular formula is C10H14BrNO2S. The zero-order valence-electron chi connectivity index (χ0n) is 9.20. The zero-order valence-corrected chi connectivity index (χ0v) is 11.6. The molecule has 1 aromatic carbocycles. The summed E-state index contributed by atoms with van der Waals surface area (Å²) in [6.07, 6.45) is 0. The van der Waals surface area contributed by atoms with Crippen LogP contribution in [0.2, 0.25) is 0 Å². The number of aryl methyl sites for hydroxylation is 2. The van der Waals surface area contributed by atoms with Gasteiger partial charge in [0.1, 0.15) is 0 Å². The second kappa shape index (κ2) is 4.23. The van der Waals surface area contributed by atoms with E-state index in [0.717, 1.165) is 15.6 Å². The molecule has 0 bridgehead atoms. The Morgan fingerprint density at radius 2 is 1.53 bits per heavy atom. The van der Waals surface area contributed by atoms with E-state index in [1.165, 1.54) is 18.4 Å². The predicted octanol–water partition coefficient (Wildman–Crippen LogP) is 2.32. The van der Waals surface area contributed by atoms with E-state index < -0.39 is 10.0 Å². The molecule has 0 aliphatic rings.